The maximum atomic E-state index is 13.3. The molecule has 2 fully saturated rings. The highest BCUT2D eigenvalue weighted by molar-refractivity contribution is 5.68. The van der Waals surface area contributed by atoms with Crippen molar-refractivity contribution >= 4 is 11.9 Å². The lowest BCUT2D eigenvalue weighted by Crippen LogP contribution is -2.37. The number of amides is 1. The molecule has 0 unspecified atom stereocenters. The van der Waals surface area contributed by atoms with Gasteiger partial charge in [0, 0.05) is 44.1 Å². The highest BCUT2D eigenvalue weighted by Gasteiger charge is 2.43. The van der Waals surface area contributed by atoms with Crippen molar-refractivity contribution in [2.75, 3.05) is 31.1 Å². The third-order valence-electron chi connectivity index (χ3n) is 5.37. The lowest BCUT2D eigenvalue weighted by molar-refractivity contribution is 0.0282. The van der Waals surface area contributed by atoms with Crippen LogP contribution in [0.25, 0.3) is 0 Å². The van der Waals surface area contributed by atoms with Gasteiger partial charge in [-0.25, -0.2) is 13.6 Å². The predicted octanol–water partition coefficient (Wildman–Crippen LogP) is 3.64. The van der Waals surface area contributed by atoms with Crippen LogP contribution in [0.3, 0.4) is 0 Å². The maximum Gasteiger partial charge on any atom is 0.410 e. The molecule has 1 aromatic carbocycles. The fourth-order valence-electron chi connectivity index (χ4n) is 4.07. The first kappa shape index (κ1) is 21.3. The van der Waals surface area contributed by atoms with E-state index >= 15 is 0 Å². The van der Waals surface area contributed by atoms with Crippen LogP contribution in [0, 0.1) is 23.5 Å². The normalized spacial score (nSPS) is 20.7. The van der Waals surface area contributed by atoms with E-state index < -0.39 is 17.2 Å². The first-order valence-electron chi connectivity index (χ1n) is 10.3. The Bertz CT molecular complexity index is 932. The van der Waals surface area contributed by atoms with Crippen LogP contribution in [0.15, 0.2) is 30.6 Å². The minimum Gasteiger partial charge on any atom is -0.472 e. The van der Waals surface area contributed by atoms with E-state index in [-0.39, 0.29) is 18.6 Å². The highest BCUT2D eigenvalue weighted by Crippen LogP contribution is 2.34. The fourth-order valence-corrected chi connectivity index (χ4v) is 4.07. The van der Waals surface area contributed by atoms with Crippen molar-refractivity contribution < 1.29 is 23.0 Å². The van der Waals surface area contributed by atoms with Crippen LogP contribution in [-0.4, -0.2) is 52.7 Å². The number of nitrogens with zero attached hydrogens (tertiary/aromatic N) is 4. The maximum absolute atomic E-state index is 13.3. The minimum absolute atomic E-state index is 0.0110. The molecule has 2 atom stereocenters. The van der Waals surface area contributed by atoms with Crippen molar-refractivity contribution in [2.45, 2.75) is 33.0 Å². The van der Waals surface area contributed by atoms with Gasteiger partial charge in [0.25, 0.3) is 0 Å². The quantitative estimate of drug-likeness (QED) is 0.735. The average Bonchev–Trinajstić information content (AvgIpc) is 3.24. The number of likely N-dealkylation sites (tertiary alicyclic amines) is 1. The van der Waals surface area contributed by atoms with Crippen LogP contribution in [0.2, 0.25) is 0 Å². The molecule has 166 valence electrons. The van der Waals surface area contributed by atoms with Gasteiger partial charge in [0.05, 0.1) is 12.4 Å². The Morgan fingerprint density at radius 1 is 1.06 bits per heavy atom. The highest BCUT2D eigenvalue weighted by atomic mass is 19.1. The lowest BCUT2D eigenvalue weighted by Gasteiger charge is -2.26. The number of ether oxygens (including phenoxy) is 2. The Balaban J connectivity index is 1.34. The van der Waals surface area contributed by atoms with E-state index in [1.165, 1.54) is 18.3 Å². The smallest absolute Gasteiger partial charge is 0.410 e. The van der Waals surface area contributed by atoms with Crippen molar-refractivity contribution in [1.29, 1.82) is 0 Å². The average molecular weight is 432 g/mol. The van der Waals surface area contributed by atoms with Gasteiger partial charge in [-0.1, -0.05) is 0 Å². The summed E-state index contributed by atoms with van der Waals surface area (Å²) in [5.41, 5.74) is -0.128. The molecular formula is C22H26F2N4O3. The molecule has 1 amide bonds. The molecule has 0 aliphatic carbocycles. The molecule has 2 saturated heterocycles. The number of benzene rings is 1. The molecule has 2 aliphatic rings. The first-order valence-corrected chi connectivity index (χ1v) is 10.3. The first-order chi connectivity index (χ1) is 14.7. The number of carbonyl (C=O) groups excluding carboxylic acids is 1. The second-order valence-electron chi connectivity index (χ2n) is 9.09. The Labute approximate surface area is 180 Å². The molecular weight excluding hydrogens is 406 g/mol. The second kappa shape index (κ2) is 8.28. The Morgan fingerprint density at radius 2 is 1.71 bits per heavy atom. The van der Waals surface area contributed by atoms with Gasteiger partial charge in [-0.3, -0.25) is 4.98 Å². The summed E-state index contributed by atoms with van der Waals surface area (Å²) in [6.07, 6.45) is 2.87. The lowest BCUT2D eigenvalue weighted by atomic mass is 10.0. The Hall–Kier alpha value is -2.97. The third kappa shape index (κ3) is 5.21. The van der Waals surface area contributed by atoms with Crippen LogP contribution < -0.4 is 9.64 Å². The molecule has 0 bridgehead atoms. The zero-order valence-corrected chi connectivity index (χ0v) is 17.8. The van der Waals surface area contributed by atoms with Gasteiger partial charge in [0.2, 0.25) is 5.88 Å². The standard InChI is InChI=1S/C22H26F2N4O3/c1-22(2,3)31-21(29)28-11-15-9-27(10-16(15)12-28)19-7-25-8-20(26-19)30-13-14-4-17(23)6-18(24)5-14/h4-8,15-16H,9-13H2,1-3H3/t15-,16+. The molecule has 0 spiro atoms. The van der Waals surface area contributed by atoms with Gasteiger partial charge in [0.15, 0.2) is 5.82 Å². The van der Waals surface area contributed by atoms with Crippen molar-refractivity contribution in [1.82, 2.24) is 14.9 Å². The molecule has 9 heteroatoms. The number of anilines is 1. The monoisotopic (exact) mass is 432 g/mol. The molecule has 3 heterocycles. The predicted molar refractivity (Wildman–Crippen MR) is 110 cm³/mol. The molecule has 0 saturated carbocycles. The minimum atomic E-state index is -0.650. The molecule has 0 radical (unpaired) electrons. The van der Waals surface area contributed by atoms with E-state index in [0.717, 1.165) is 19.2 Å². The van der Waals surface area contributed by atoms with Crippen LogP contribution in [0.5, 0.6) is 5.88 Å². The molecule has 2 aliphatic heterocycles. The van der Waals surface area contributed by atoms with E-state index in [1.807, 2.05) is 20.8 Å². The van der Waals surface area contributed by atoms with E-state index in [0.29, 0.717) is 36.3 Å². The van der Waals surface area contributed by atoms with E-state index in [4.69, 9.17) is 9.47 Å². The zero-order valence-electron chi connectivity index (χ0n) is 17.8. The van der Waals surface area contributed by atoms with Gasteiger partial charge in [-0.05, 0) is 38.5 Å². The van der Waals surface area contributed by atoms with Crippen molar-refractivity contribution in [3.8, 4) is 5.88 Å². The van der Waals surface area contributed by atoms with Crippen LogP contribution in [0.1, 0.15) is 26.3 Å². The van der Waals surface area contributed by atoms with E-state index in [9.17, 15) is 13.6 Å². The topological polar surface area (TPSA) is 67.8 Å². The molecule has 7 nitrogen and oxygen atoms in total. The molecule has 0 N–H and O–H groups in total. The van der Waals surface area contributed by atoms with Crippen LogP contribution >= 0.6 is 0 Å². The Morgan fingerprint density at radius 3 is 2.32 bits per heavy atom. The van der Waals surface area contributed by atoms with Crippen molar-refractivity contribution in [3.63, 3.8) is 0 Å². The summed E-state index contributed by atoms with van der Waals surface area (Å²) >= 11 is 0. The van der Waals surface area contributed by atoms with Crippen molar-refractivity contribution in [3.05, 3.63) is 47.8 Å². The largest absolute Gasteiger partial charge is 0.472 e. The van der Waals surface area contributed by atoms with Gasteiger partial charge < -0.3 is 19.3 Å². The Kier molecular flexibility index (Phi) is 5.68. The number of hydrogen-bond donors (Lipinski definition) is 0. The number of hydrogen-bond acceptors (Lipinski definition) is 6. The summed E-state index contributed by atoms with van der Waals surface area (Å²) in [5, 5.41) is 0. The molecule has 31 heavy (non-hydrogen) atoms. The fraction of sp³-hybridized carbons (Fsp3) is 0.500. The third-order valence-corrected chi connectivity index (χ3v) is 5.37. The van der Waals surface area contributed by atoms with Crippen LogP contribution in [-0.2, 0) is 11.3 Å². The van der Waals surface area contributed by atoms with E-state index in [2.05, 4.69) is 14.9 Å². The second-order valence-corrected chi connectivity index (χ2v) is 9.09. The number of halogens is 2. The van der Waals surface area contributed by atoms with Crippen molar-refractivity contribution in [2.24, 2.45) is 11.8 Å². The zero-order chi connectivity index (χ0) is 22.2. The van der Waals surface area contributed by atoms with Gasteiger partial charge in [-0.15, -0.1) is 0 Å². The summed E-state index contributed by atoms with van der Waals surface area (Å²) in [5.74, 6) is 0.351. The summed E-state index contributed by atoms with van der Waals surface area (Å²) in [7, 11) is 0. The van der Waals surface area contributed by atoms with Gasteiger partial charge in [-0.2, -0.15) is 4.98 Å². The molecule has 4 rings (SSSR count). The SMILES string of the molecule is CC(C)(C)OC(=O)N1C[C@@H]2CN(c3cncc(OCc4cc(F)cc(F)c4)n3)C[C@@H]2C1. The van der Waals surface area contributed by atoms with Gasteiger partial charge >= 0.3 is 6.09 Å². The van der Waals surface area contributed by atoms with Gasteiger partial charge in [0.1, 0.15) is 23.8 Å². The number of rotatable bonds is 4. The number of fused-ring (bicyclic) bond motifs is 1. The number of carbonyl (C=O) groups is 1. The molecule has 1 aromatic heterocycles. The van der Waals surface area contributed by atoms with Crippen LogP contribution in [0.4, 0.5) is 19.4 Å². The number of aromatic nitrogens is 2. The summed E-state index contributed by atoms with van der Waals surface area (Å²) < 4.78 is 37.7. The summed E-state index contributed by atoms with van der Waals surface area (Å²) in [6.45, 7) is 8.42. The molecule has 2 aromatic rings. The van der Waals surface area contributed by atoms with E-state index in [1.54, 1.807) is 11.1 Å². The summed E-state index contributed by atoms with van der Waals surface area (Å²) in [6, 6.07) is 3.26. The summed E-state index contributed by atoms with van der Waals surface area (Å²) in [4.78, 5) is 24.9.